The van der Waals surface area contributed by atoms with Crippen molar-refractivity contribution in [2.75, 3.05) is 20.5 Å². The van der Waals surface area contributed by atoms with Crippen LogP contribution in [0.5, 0.6) is 23.0 Å². The summed E-state index contributed by atoms with van der Waals surface area (Å²) in [7, 11) is 1.55. The molecule has 5 rings (SSSR count). The van der Waals surface area contributed by atoms with Crippen molar-refractivity contribution in [3.63, 3.8) is 0 Å². The van der Waals surface area contributed by atoms with Gasteiger partial charge in [0.25, 0.3) is 11.7 Å². The summed E-state index contributed by atoms with van der Waals surface area (Å²) in [4.78, 5) is 28.3. The van der Waals surface area contributed by atoms with Gasteiger partial charge >= 0.3 is 0 Å². The van der Waals surface area contributed by atoms with Crippen LogP contribution in [0.3, 0.4) is 0 Å². The van der Waals surface area contributed by atoms with Crippen LogP contribution in [0.2, 0.25) is 0 Å². The fourth-order valence-electron chi connectivity index (χ4n) is 4.76. The number of benzene rings is 3. The van der Waals surface area contributed by atoms with E-state index in [1.807, 2.05) is 26.0 Å². The molecule has 8 heteroatoms. The molecule has 1 N–H and O–H groups in total. The van der Waals surface area contributed by atoms with Crippen molar-refractivity contribution in [1.29, 1.82) is 0 Å². The maximum Gasteiger partial charge on any atom is 0.295 e. The summed E-state index contributed by atoms with van der Waals surface area (Å²) in [6.45, 7) is 4.74. The zero-order chi connectivity index (χ0) is 26.8. The molecule has 0 saturated carbocycles. The topological polar surface area (TPSA) is 94.5 Å². The van der Waals surface area contributed by atoms with Crippen LogP contribution < -0.4 is 18.9 Å². The molecule has 38 heavy (non-hydrogen) atoms. The van der Waals surface area contributed by atoms with Gasteiger partial charge in [0.05, 0.1) is 25.3 Å². The molecule has 1 amide bonds. The second kappa shape index (κ2) is 10.5. The van der Waals surface area contributed by atoms with Crippen molar-refractivity contribution in [3.8, 4) is 23.0 Å². The second-order valence-electron chi connectivity index (χ2n) is 9.22. The van der Waals surface area contributed by atoms with Crippen molar-refractivity contribution in [2.45, 2.75) is 32.9 Å². The highest BCUT2D eigenvalue weighted by molar-refractivity contribution is 6.46. The second-order valence-corrected chi connectivity index (χ2v) is 9.22. The summed E-state index contributed by atoms with van der Waals surface area (Å²) in [5.41, 5.74) is 2.67. The van der Waals surface area contributed by atoms with Crippen molar-refractivity contribution in [3.05, 3.63) is 88.5 Å². The van der Waals surface area contributed by atoms with E-state index in [2.05, 4.69) is 0 Å². The Morgan fingerprint density at radius 2 is 1.87 bits per heavy atom. The van der Waals surface area contributed by atoms with Crippen LogP contribution in [-0.4, -0.2) is 42.2 Å². The van der Waals surface area contributed by atoms with E-state index >= 15 is 0 Å². The van der Waals surface area contributed by atoms with E-state index in [1.54, 1.807) is 55.6 Å². The molecule has 3 aromatic rings. The normalized spacial score (nSPS) is 17.7. The van der Waals surface area contributed by atoms with Gasteiger partial charge in [0.1, 0.15) is 17.3 Å². The van der Waals surface area contributed by atoms with Crippen LogP contribution in [-0.2, 0) is 16.1 Å². The summed E-state index contributed by atoms with van der Waals surface area (Å²) in [6.07, 6.45) is 0.870. The number of ether oxygens (including phenoxy) is 4. The number of rotatable bonds is 8. The molecule has 0 aliphatic carbocycles. The number of likely N-dealkylation sites (tertiary alicyclic amines) is 1. The first-order chi connectivity index (χ1) is 18.4. The van der Waals surface area contributed by atoms with E-state index in [9.17, 15) is 14.7 Å². The highest BCUT2D eigenvalue weighted by Crippen LogP contribution is 2.42. The zero-order valence-electron chi connectivity index (χ0n) is 21.5. The van der Waals surface area contributed by atoms with Gasteiger partial charge in [-0.3, -0.25) is 9.59 Å². The monoisotopic (exact) mass is 515 g/mol. The first kappa shape index (κ1) is 25.2. The lowest BCUT2D eigenvalue weighted by Crippen LogP contribution is -2.29. The van der Waals surface area contributed by atoms with E-state index < -0.39 is 17.7 Å². The summed E-state index contributed by atoms with van der Waals surface area (Å²) in [5, 5.41) is 11.4. The quantitative estimate of drug-likeness (QED) is 0.252. The van der Waals surface area contributed by atoms with Gasteiger partial charge < -0.3 is 29.0 Å². The maximum absolute atomic E-state index is 13.4. The third-order valence-electron chi connectivity index (χ3n) is 6.65. The SMILES string of the molecule is CCCOc1ccc(/C(O)=C2\C(=O)C(=O)N(Cc3ccc4c(c3)OCO4)C2c2cccc(OC)c2)cc1C. The van der Waals surface area contributed by atoms with Gasteiger partial charge in [-0.1, -0.05) is 25.1 Å². The molecule has 2 aliphatic heterocycles. The molecular weight excluding hydrogens is 486 g/mol. The molecule has 2 aliphatic rings. The number of Topliss-reactive ketones (excluding diaryl/α,β-unsaturated/α-hetero) is 1. The van der Waals surface area contributed by atoms with Crippen molar-refractivity contribution >= 4 is 17.4 Å². The fraction of sp³-hybridized carbons (Fsp3) is 0.267. The smallest absolute Gasteiger partial charge is 0.295 e. The van der Waals surface area contributed by atoms with Crippen LogP contribution >= 0.6 is 0 Å². The number of carbonyl (C=O) groups is 2. The molecule has 0 aromatic heterocycles. The van der Waals surface area contributed by atoms with Crippen LogP contribution in [0.4, 0.5) is 0 Å². The van der Waals surface area contributed by atoms with Gasteiger partial charge in [-0.25, -0.2) is 0 Å². The first-order valence-corrected chi connectivity index (χ1v) is 12.5. The predicted octanol–water partition coefficient (Wildman–Crippen LogP) is 5.14. The molecule has 1 fully saturated rings. The standard InChI is InChI=1S/C30H29NO7/c1-4-12-36-23-11-9-21(13-18(23)2)28(32)26-27(20-6-5-7-22(15-20)35-3)31(30(34)29(26)33)16-19-8-10-24-25(14-19)38-17-37-24/h5-11,13-15,27,32H,4,12,16-17H2,1-3H3/b28-26+. The Morgan fingerprint density at radius 1 is 1.05 bits per heavy atom. The third kappa shape index (κ3) is 4.65. The Kier molecular flexibility index (Phi) is 6.96. The molecule has 196 valence electrons. The lowest BCUT2D eigenvalue weighted by Gasteiger charge is -2.26. The summed E-state index contributed by atoms with van der Waals surface area (Å²) in [6, 6.07) is 16.9. The van der Waals surface area contributed by atoms with Crippen molar-refractivity contribution < 1.29 is 33.6 Å². The first-order valence-electron chi connectivity index (χ1n) is 12.5. The predicted molar refractivity (Wildman–Crippen MR) is 140 cm³/mol. The fourth-order valence-corrected chi connectivity index (χ4v) is 4.76. The number of aliphatic hydroxyl groups is 1. The lowest BCUT2D eigenvalue weighted by atomic mass is 9.94. The Bertz CT molecular complexity index is 1430. The molecule has 1 saturated heterocycles. The number of ketones is 1. The average molecular weight is 516 g/mol. The number of amides is 1. The Hall–Kier alpha value is -4.46. The number of nitrogens with zero attached hydrogens (tertiary/aromatic N) is 1. The van der Waals surface area contributed by atoms with Gasteiger partial charge in [0, 0.05) is 12.1 Å². The molecule has 1 unspecified atom stereocenters. The van der Waals surface area contributed by atoms with Gasteiger partial charge in [0.2, 0.25) is 6.79 Å². The molecule has 1 atom stereocenters. The minimum absolute atomic E-state index is 0.0191. The van der Waals surface area contributed by atoms with E-state index in [-0.39, 0.29) is 24.7 Å². The van der Waals surface area contributed by atoms with Crippen LogP contribution in [0.15, 0.2) is 66.2 Å². The lowest BCUT2D eigenvalue weighted by molar-refractivity contribution is -0.140. The average Bonchev–Trinajstić information content (AvgIpc) is 3.50. The highest BCUT2D eigenvalue weighted by Gasteiger charge is 2.46. The van der Waals surface area contributed by atoms with Gasteiger partial charge in [-0.05, 0) is 72.5 Å². The summed E-state index contributed by atoms with van der Waals surface area (Å²) < 4.78 is 22.0. The van der Waals surface area contributed by atoms with Crippen LogP contribution in [0.1, 0.15) is 41.6 Å². The van der Waals surface area contributed by atoms with Crippen LogP contribution in [0.25, 0.3) is 5.76 Å². The molecule has 0 spiro atoms. The van der Waals surface area contributed by atoms with Gasteiger partial charge in [0.15, 0.2) is 11.5 Å². The number of methoxy groups -OCH3 is 1. The summed E-state index contributed by atoms with van der Waals surface area (Å²) >= 11 is 0. The summed E-state index contributed by atoms with van der Waals surface area (Å²) in [5.74, 6) is 0.798. The molecule has 0 radical (unpaired) electrons. The zero-order valence-corrected chi connectivity index (χ0v) is 21.5. The molecule has 3 aromatic carbocycles. The van der Waals surface area contributed by atoms with Crippen LogP contribution in [0, 0.1) is 6.92 Å². The minimum atomic E-state index is -0.827. The van der Waals surface area contributed by atoms with E-state index in [4.69, 9.17) is 18.9 Å². The third-order valence-corrected chi connectivity index (χ3v) is 6.65. The molecule has 2 heterocycles. The van der Waals surface area contributed by atoms with Gasteiger partial charge in [-0.15, -0.1) is 0 Å². The van der Waals surface area contributed by atoms with E-state index in [0.717, 1.165) is 17.5 Å². The highest BCUT2D eigenvalue weighted by atomic mass is 16.7. The maximum atomic E-state index is 13.4. The molecular formula is C30H29NO7. The van der Waals surface area contributed by atoms with Crippen molar-refractivity contribution in [1.82, 2.24) is 4.90 Å². The number of aliphatic hydroxyl groups excluding tert-OH is 1. The number of hydrogen-bond donors (Lipinski definition) is 1. The number of hydrogen-bond acceptors (Lipinski definition) is 7. The minimum Gasteiger partial charge on any atom is -0.507 e. The Labute approximate surface area is 221 Å². The van der Waals surface area contributed by atoms with E-state index in [1.165, 1.54) is 4.90 Å². The number of fused-ring (bicyclic) bond motifs is 1. The largest absolute Gasteiger partial charge is 0.507 e. The van der Waals surface area contributed by atoms with Crippen molar-refractivity contribution in [2.24, 2.45) is 0 Å². The van der Waals surface area contributed by atoms with Gasteiger partial charge in [-0.2, -0.15) is 0 Å². The van der Waals surface area contributed by atoms with E-state index in [0.29, 0.717) is 40.7 Å². The molecule has 0 bridgehead atoms. The Morgan fingerprint density at radius 3 is 2.63 bits per heavy atom. The Balaban J connectivity index is 1.59. The number of carbonyl (C=O) groups excluding carboxylic acids is 2. The number of aryl methyl sites for hydroxylation is 1. The molecule has 8 nitrogen and oxygen atoms in total.